The normalized spacial score (nSPS) is 30.2. The lowest BCUT2D eigenvalue weighted by Gasteiger charge is -2.26. The lowest BCUT2D eigenvalue weighted by Crippen LogP contribution is -2.25. The van der Waals surface area contributed by atoms with Crippen LogP contribution in [0.15, 0.2) is 0 Å². The van der Waals surface area contributed by atoms with Crippen LogP contribution in [0.5, 0.6) is 0 Å². The minimum absolute atomic E-state index is 0.350. The molecule has 0 aromatic heterocycles. The van der Waals surface area contributed by atoms with Crippen molar-refractivity contribution >= 4 is 0 Å². The zero-order valence-corrected chi connectivity index (χ0v) is 8.08. The van der Waals surface area contributed by atoms with Gasteiger partial charge in [0.25, 0.3) is 0 Å². The van der Waals surface area contributed by atoms with Gasteiger partial charge in [-0.15, -0.1) is 0 Å². The van der Waals surface area contributed by atoms with E-state index in [4.69, 9.17) is 5.26 Å². The fourth-order valence-electron chi connectivity index (χ4n) is 1.99. The highest BCUT2D eigenvalue weighted by Crippen LogP contribution is 2.28. The molecule has 0 saturated heterocycles. The van der Waals surface area contributed by atoms with Gasteiger partial charge in [0.1, 0.15) is 0 Å². The topological polar surface area (TPSA) is 27.0 Å². The van der Waals surface area contributed by atoms with Gasteiger partial charge in [-0.25, -0.2) is 0 Å². The molecule has 0 unspecified atom stereocenters. The first-order chi connectivity index (χ1) is 5.72. The van der Waals surface area contributed by atoms with E-state index in [2.05, 4.69) is 25.1 Å². The lowest BCUT2D eigenvalue weighted by atomic mass is 9.82. The van der Waals surface area contributed by atoms with Crippen LogP contribution in [0.3, 0.4) is 0 Å². The molecule has 1 fully saturated rings. The quantitative estimate of drug-likeness (QED) is 0.626. The van der Waals surface area contributed by atoms with Crippen LogP contribution in [0, 0.1) is 23.2 Å². The predicted octanol–water partition coefficient (Wildman–Crippen LogP) is 1.88. The minimum atomic E-state index is 0.350. The van der Waals surface area contributed by atoms with Gasteiger partial charge in [-0.2, -0.15) is 5.26 Å². The van der Waals surface area contributed by atoms with Crippen LogP contribution < -0.4 is 0 Å². The molecule has 2 nitrogen and oxygen atoms in total. The van der Waals surface area contributed by atoms with Gasteiger partial charge in [-0.3, -0.25) is 0 Å². The van der Waals surface area contributed by atoms with Gasteiger partial charge in [0.15, 0.2) is 0 Å². The standard InChI is InChI=1S/C10H18N2/c1-12(2)8-10-5-3-9(7-11)4-6-10/h9-10H,3-6,8H2,1-2H3. The van der Waals surface area contributed by atoms with Crippen molar-refractivity contribution in [1.82, 2.24) is 4.90 Å². The van der Waals surface area contributed by atoms with Crippen molar-refractivity contribution in [1.29, 1.82) is 5.26 Å². The van der Waals surface area contributed by atoms with Crippen LogP contribution >= 0.6 is 0 Å². The van der Waals surface area contributed by atoms with E-state index >= 15 is 0 Å². The van der Waals surface area contributed by atoms with Crippen molar-refractivity contribution in [2.45, 2.75) is 25.7 Å². The Morgan fingerprint density at radius 3 is 2.25 bits per heavy atom. The summed E-state index contributed by atoms with van der Waals surface area (Å²) in [6.45, 7) is 1.19. The third kappa shape index (κ3) is 2.83. The maximum atomic E-state index is 8.70. The molecule has 0 atom stereocenters. The average molecular weight is 166 g/mol. The van der Waals surface area contributed by atoms with Crippen molar-refractivity contribution in [3.05, 3.63) is 0 Å². The summed E-state index contributed by atoms with van der Waals surface area (Å²) >= 11 is 0. The molecule has 68 valence electrons. The Balaban J connectivity index is 2.23. The Labute approximate surface area is 75.2 Å². The van der Waals surface area contributed by atoms with E-state index in [9.17, 15) is 0 Å². The summed E-state index contributed by atoms with van der Waals surface area (Å²) in [5.74, 6) is 1.19. The molecule has 1 saturated carbocycles. The molecular formula is C10H18N2. The van der Waals surface area contributed by atoms with Crippen molar-refractivity contribution in [2.24, 2.45) is 11.8 Å². The number of hydrogen-bond donors (Lipinski definition) is 0. The fourth-order valence-corrected chi connectivity index (χ4v) is 1.99. The Morgan fingerprint density at radius 2 is 1.83 bits per heavy atom. The molecule has 0 aromatic rings. The molecule has 1 aliphatic rings. The van der Waals surface area contributed by atoms with E-state index in [1.165, 1.54) is 19.4 Å². The van der Waals surface area contributed by atoms with Crippen molar-refractivity contribution < 1.29 is 0 Å². The second kappa shape index (κ2) is 4.47. The molecule has 0 N–H and O–H groups in total. The minimum Gasteiger partial charge on any atom is -0.309 e. The summed E-state index contributed by atoms with van der Waals surface area (Å²) in [7, 11) is 4.24. The molecule has 0 spiro atoms. The predicted molar refractivity (Wildman–Crippen MR) is 49.6 cm³/mol. The third-order valence-corrected chi connectivity index (χ3v) is 2.65. The van der Waals surface area contributed by atoms with Gasteiger partial charge in [-0.05, 0) is 45.7 Å². The SMILES string of the molecule is CN(C)CC1CCC(C#N)CC1. The molecule has 2 heteroatoms. The largest absolute Gasteiger partial charge is 0.309 e. The Hall–Kier alpha value is -0.550. The van der Waals surface area contributed by atoms with E-state index in [0.29, 0.717) is 5.92 Å². The van der Waals surface area contributed by atoms with Crippen molar-refractivity contribution in [2.75, 3.05) is 20.6 Å². The van der Waals surface area contributed by atoms with Crippen molar-refractivity contribution in [3.8, 4) is 6.07 Å². The van der Waals surface area contributed by atoms with Gasteiger partial charge in [0.2, 0.25) is 0 Å². The van der Waals surface area contributed by atoms with E-state index in [0.717, 1.165) is 18.8 Å². The molecule has 12 heavy (non-hydrogen) atoms. The van der Waals surface area contributed by atoms with Crippen molar-refractivity contribution in [3.63, 3.8) is 0 Å². The van der Waals surface area contributed by atoms with Gasteiger partial charge in [0, 0.05) is 12.5 Å². The van der Waals surface area contributed by atoms with Crippen LogP contribution in [-0.4, -0.2) is 25.5 Å². The second-order valence-electron chi connectivity index (χ2n) is 4.11. The Morgan fingerprint density at radius 1 is 1.25 bits per heavy atom. The van der Waals surface area contributed by atoms with E-state index in [1.807, 2.05) is 0 Å². The zero-order valence-electron chi connectivity index (χ0n) is 8.08. The number of nitriles is 1. The maximum absolute atomic E-state index is 8.70. The number of hydrogen-bond acceptors (Lipinski definition) is 2. The first-order valence-electron chi connectivity index (χ1n) is 4.76. The molecule has 1 rings (SSSR count). The summed E-state index contributed by atoms with van der Waals surface area (Å²) in [5.41, 5.74) is 0. The lowest BCUT2D eigenvalue weighted by molar-refractivity contribution is 0.244. The Bertz CT molecular complexity index is 161. The summed E-state index contributed by atoms with van der Waals surface area (Å²) in [6, 6.07) is 2.36. The van der Waals surface area contributed by atoms with Crippen LogP contribution in [0.4, 0.5) is 0 Å². The molecule has 0 heterocycles. The summed E-state index contributed by atoms with van der Waals surface area (Å²) < 4.78 is 0. The number of nitrogens with zero attached hydrogens (tertiary/aromatic N) is 2. The van der Waals surface area contributed by atoms with Gasteiger partial charge < -0.3 is 4.90 Å². The van der Waals surface area contributed by atoms with E-state index < -0.39 is 0 Å². The summed E-state index contributed by atoms with van der Waals surface area (Å²) in [5, 5.41) is 8.70. The first-order valence-corrected chi connectivity index (χ1v) is 4.76. The third-order valence-electron chi connectivity index (χ3n) is 2.65. The molecule has 0 radical (unpaired) electrons. The molecule has 0 aromatic carbocycles. The van der Waals surface area contributed by atoms with E-state index in [-0.39, 0.29) is 0 Å². The fraction of sp³-hybridized carbons (Fsp3) is 0.900. The molecule has 0 aliphatic heterocycles. The summed E-state index contributed by atoms with van der Waals surface area (Å²) in [6.07, 6.45) is 4.73. The zero-order chi connectivity index (χ0) is 8.97. The highest BCUT2D eigenvalue weighted by Gasteiger charge is 2.20. The molecule has 1 aliphatic carbocycles. The Kier molecular flexibility index (Phi) is 3.55. The highest BCUT2D eigenvalue weighted by molar-refractivity contribution is 4.87. The monoisotopic (exact) mass is 166 g/mol. The number of rotatable bonds is 2. The smallest absolute Gasteiger partial charge is 0.0655 e. The first kappa shape index (κ1) is 9.54. The molecule has 0 bridgehead atoms. The molecule has 0 amide bonds. The summed E-state index contributed by atoms with van der Waals surface area (Å²) in [4.78, 5) is 2.25. The molecular weight excluding hydrogens is 148 g/mol. The van der Waals surface area contributed by atoms with Crippen LogP contribution in [0.2, 0.25) is 0 Å². The average Bonchev–Trinajstić information content (AvgIpc) is 2.05. The van der Waals surface area contributed by atoms with Crippen LogP contribution in [-0.2, 0) is 0 Å². The van der Waals surface area contributed by atoms with E-state index in [1.54, 1.807) is 0 Å². The second-order valence-corrected chi connectivity index (χ2v) is 4.11. The van der Waals surface area contributed by atoms with Gasteiger partial charge >= 0.3 is 0 Å². The van der Waals surface area contributed by atoms with Gasteiger partial charge in [0.05, 0.1) is 6.07 Å². The van der Waals surface area contributed by atoms with Crippen LogP contribution in [0.25, 0.3) is 0 Å². The maximum Gasteiger partial charge on any atom is 0.0655 e. The van der Waals surface area contributed by atoms with Crippen LogP contribution in [0.1, 0.15) is 25.7 Å². The highest BCUT2D eigenvalue weighted by atomic mass is 15.1. The van der Waals surface area contributed by atoms with Gasteiger partial charge in [-0.1, -0.05) is 0 Å².